The first-order valence-electron chi connectivity index (χ1n) is 26.2. The smallest absolute Gasteiger partial charge is 0.135 e. The van der Waals surface area contributed by atoms with Crippen LogP contribution >= 0.6 is 11.3 Å². The van der Waals surface area contributed by atoms with Crippen LogP contribution in [-0.2, 0) is 10.8 Å². The average Bonchev–Trinajstić information content (AvgIpc) is 4.29. The van der Waals surface area contributed by atoms with E-state index in [1.165, 1.54) is 107 Å². The van der Waals surface area contributed by atoms with Gasteiger partial charge in [0.15, 0.2) is 0 Å². The van der Waals surface area contributed by atoms with Gasteiger partial charge >= 0.3 is 0 Å². The minimum Gasteiger partial charge on any atom is -0.457 e. The van der Waals surface area contributed by atoms with E-state index >= 15 is 0 Å². The highest BCUT2D eigenvalue weighted by molar-refractivity contribution is 7.26. The summed E-state index contributed by atoms with van der Waals surface area (Å²) in [5.41, 5.74) is 18.3. The Morgan fingerprint density at radius 1 is 0.425 bits per heavy atom. The van der Waals surface area contributed by atoms with Crippen LogP contribution in [0, 0.1) is 11.8 Å². The highest BCUT2D eigenvalue weighted by atomic mass is 32.1. The van der Waals surface area contributed by atoms with Crippen molar-refractivity contribution in [3.8, 4) is 45.3 Å². The zero-order valence-corrected chi connectivity index (χ0v) is 40.8. The quantitative estimate of drug-likeness (QED) is 0.175. The van der Waals surface area contributed by atoms with Crippen LogP contribution in [0.5, 0.6) is 23.0 Å². The molecule has 4 aliphatic carbocycles. The minimum absolute atomic E-state index is 0.362. The third-order valence-corrected chi connectivity index (χ3v) is 19.2. The van der Waals surface area contributed by atoms with E-state index in [0.29, 0.717) is 11.8 Å². The highest BCUT2D eigenvalue weighted by Crippen LogP contribution is 2.68. The van der Waals surface area contributed by atoms with Crippen LogP contribution in [0.4, 0.5) is 17.1 Å². The van der Waals surface area contributed by atoms with Gasteiger partial charge in [0.2, 0.25) is 0 Å². The number of fused-ring (bicyclic) bond motifs is 23. The average molecular weight is 954 g/mol. The van der Waals surface area contributed by atoms with Crippen LogP contribution in [0.15, 0.2) is 218 Å². The second kappa shape index (κ2) is 14.7. The maximum absolute atomic E-state index is 7.55. The zero-order chi connectivity index (χ0) is 47.6. The van der Waals surface area contributed by atoms with Gasteiger partial charge in [0.05, 0.1) is 22.2 Å². The molecule has 0 amide bonds. The highest BCUT2D eigenvalue weighted by Gasteiger charge is 2.55. The number of rotatable bonds is 4. The van der Waals surface area contributed by atoms with Crippen molar-refractivity contribution in [2.45, 2.75) is 42.4 Å². The summed E-state index contributed by atoms with van der Waals surface area (Å²) in [6.45, 7) is 0. The van der Waals surface area contributed by atoms with Gasteiger partial charge in [-0.15, -0.1) is 11.3 Å². The van der Waals surface area contributed by atoms with Crippen molar-refractivity contribution in [2.24, 2.45) is 11.8 Å². The molecule has 0 saturated heterocycles. The Bertz CT molecular complexity index is 4090. The van der Waals surface area contributed by atoms with Crippen LogP contribution in [0.1, 0.15) is 81.7 Å². The summed E-state index contributed by atoms with van der Waals surface area (Å²) in [6, 6.07) is 82.1. The summed E-state index contributed by atoms with van der Waals surface area (Å²) in [5.74, 6) is 5.43. The molecule has 3 unspecified atom stereocenters. The molecule has 3 nitrogen and oxygen atoms in total. The first-order valence-corrected chi connectivity index (χ1v) is 27.0. The molecule has 0 N–H and O–H groups in total. The summed E-state index contributed by atoms with van der Waals surface area (Å²) in [5, 5.41) is 2.52. The maximum Gasteiger partial charge on any atom is 0.135 e. The predicted octanol–water partition coefficient (Wildman–Crippen LogP) is 18.4. The molecule has 3 heterocycles. The van der Waals surface area contributed by atoms with E-state index in [2.05, 4.69) is 223 Å². The fraction of sp³-hybridized carbons (Fsp3) is 0.130. The molecule has 2 fully saturated rings. The molecule has 346 valence electrons. The Kier molecular flexibility index (Phi) is 8.15. The van der Waals surface area contributed by atoms with Crippen LogP contribution in [0.2, 0.25) is 0 Å². The van der Waals surface area contributed by atoms with Crippen molar-refractivity contribution >= 4 is 48.6 Å². The number of hydrogen-bond donors (Lipinski definition) is 0. The van der Waals surface area contributed by atoms with Crippen molar-refractivity contribution in [2.75, 3.05) is 4.90 Å². The van der Waals surface area contributed by atoms with Crippen molar-refractivity contribution < 1.29 is 9.47 Å². The number of thiophene rings is 1. The Morgan fingerprint density at radius 3 is 1.62 bits per heavy atom. The van der Waals surface area contributed by atoms with Crippen molar-refractivity contribution in [3.63, 3.8) is 0 Å². The van der Waals surface area contributed by atoms with Gasteiger partial charge < -0.3 is 14.4 Å². The molecule has 2 aliphatic heterocycles. The molecule has 2 spiro atoms. The first kappa shape index (κ1) is 40.4. The van der Waals surface area contributed by atoms with Crippen LogP contribution in [0.25, 0.3) is 42.4 Å². The molecule has 73 heavy (non-hydrogen) atoms. The number of hydrogen-bond acceptors (Lipinski definition) is 4. The third kappa shape index (κ3) is 5.14. The number of anilines is 3. The van der Waals surface area contributed by atoms with Crippen molar-refractivity contribution in [3.05, 3.63) is 268 Å². The van der Waals surface area contributed by atoms with E-state index < -0.39 is 10.8 Å². The molecule has 3 atom stereocenters. The second-order valence-electron chi connectivity index (χ2n) is 21.3. The molecule has 1 aromatic heterocycles. The van der Waals surface area contributed by atoms with Gasteiger partial charge in [-0.1, -0.05) is 170 Å². The molecule has 2 saturated carbocycles. The number of para-hydroxylation sites is 2. The zero-order valence-electron chi connectivity index (χ0n) is 40.0. The Labute approximate surface area is 428 Å². The van der Waals surface area contributed by atoms with Crippen molar-refractivity contribution in [1.82, 2.24) is 0 Å². The minimum atomic E-state index is -0.703. The van der Waals surface area contributed by atoms with E-state index in [0.717, 1.165) is 57.1 Å². The standard InChI is InChI=1S/C69H47NO2S/c1-6-22-51-44(17-1)45-18-2-7-23-52(45)68(51)55-26-10-13-31-61(55)72-67-50(49-38-41-35-36-42(49)37-41)39-43(40-57(67)68)70(58-28-16-34-64-65(58)48-21-5-14-33-63(48)73-64)59-29-15-32-62-66(59)69(56-27-11-12-30-60(56)71-62)53-24-8-3-19-46(53)47-20-4-9-25-54(47)69/h1-34,39-42,49H,35-38H2. The summed E-state index contributed by atoms with van der Waals surface area (Å²) >= 11 is 1.88. The summed E-state index contributed by atoms with van der Waals surface area (Å²) in [4.78, 5) is 2.65. The van der Waals surface area contributed by atoms with Gasteiger partial charge in [0, 0.05) is 53.7 Å². The van der Waals surface area contributed by atoms with Crippen molar-refractivity contribution in [1.29, 1.82) is 0 Å². The fourth-order valence-electron chi connectivity index (χ4n) is 15.4. The van der Waals surface area contributed by atoms with E-state index in [1.807, 2.05) is 11.3 Å². The summed E-state index contributed by atoms with van der Waals surface area (Å²) < 4.78 is 17.4. The Balaban J connectivity index is 1.04. The lowest BCUT2D eigenvalue weighted by molar-refractivity contribution is 0.387. The molecule has 11 aromatic rings. The summed E-state index contributed by atoms with van der Waals surface area (Å²) in [7, 11) is 0. The Morgan fingerprint density at radius 2 is 0.959 bits per heavy atom. The molecule has 2 bridgehead atoms. The molecular formula is C69H47NO2S. The third-order valence-electron chi connectivity index (χ3n) is 18.1. The van der Waals surface area contributed by atoms with Gasteiger partial charge in [-0.05, 0) is 136 Å². The van der Waals surface area contributed by atoms with Gasteiger partial charge in [0.1, 0.15) is 23.0 Å². The Hall–Kier alpha value is -8.18. The van der Waals surface area contributed by atoms with Gasteiger partial charge in [0.25, 0.3) is 0 Å². The van der Waals surface area contributed by atoms with E-state index in [4.69, 9.17) is 9.47 Å². The molecule has 4 heteroatoms. The van der Waals surface area contributed by atoms with Crippen LogP contribution in [0.3, 0.4) is 0 Å². The first-order chi connectivity index (χ1) is 36.2. The van der Waals surface area contributed by atoms with Crippen LogP contribution < -0.4 is 14.4 Å². The largest absolute Gasteiger partial charge is 0.457 e. The number of nitrogens with zero attached hydrogens (tertiary/aromatic N) is 1. The van der Waals surface area contributed by atoms with E-state index in [-0.39, 0.29) is 0 Å². The number of benzene rings is 10. The molecular weight excluding hydrogens is 907 g/mol. The fourth-order valence-corrected chi connectivity index (χ4v) is 16.6. The lowest BCUT2D eigenvalue weighted by Crippen LogP contribution is -2.34. The van der Waals surface area contributed by atoms with Gasteiger partial charge in [-0.2, -0.15) is 0 Å². The van der Waals surface area contributed by atoms with E-state index in [1.54, 1.807) is 0 Å². The molecule has 0 radical (unpaired) electrons. The lowest BCUT2D eigenvalue weighted by Gasteiger charge is -2.44. The maximum atomic E-state index is 7.55. The second-order valence-corrected chi connectivity index (χ2v) is 22.4. The lowest BCUT2D eigenvalue weighted by atomic mass is 9.64. The summed E-state index contributed by atoms with van der Waals surface area (Å²) in [6.07, 6.45) is 5.04. The predicted molar refractivity (Wildman–Crippen MR) is 297 cm³/mol. The SMILES string of the molecule is c1ccc2c(c1)Oc1c(C3CC4CCC3C4)cc(N(c3cccc4c3C3(c5ccccc5O4)c4ccccc4-c4ccccc43)c3cccc4sc5ccccc5c34)cc1C21c2ccccc2-c2ccccc21. The van der Waals surface area contributed by atoms with E-state index in [9.17, 15) is 0 Å². The van der Waals surface area contributed by atoms with Gasteiger partial charge in [-0.25, -0.2) is 0 Å². The molecule has 17 rings (SSSR count). The molecule has 10 aromatic carbocycles. The van der Waals surface area contributed by atoms with Gasteiger partial charge in [-0.3, -0.25) is 0 Å². The topological polar surface area (TPSA) is 21.7 Å². The monoisotopic (exact) mass is 953 g/mol. The normalized spacial score (nSPS) is 19.0. The van der Waals surface area contributed by atoms with Crippen LogP contribution in [-0.4, -0.2) is 0 Å². The molecule has 6 aliphatic rings. The number of ether oxygens (including phenoxy) is 2.